The number of fused-ring (bicyclic) bond motifs is 1. The SMILES string of the molecule is O=C(NCc1nc2ccccc2n1CC(O)COc1cc(Cl)ccc1Cl)c1ccccc1. The number of aliphatic hydroxyl groups excluding tert-OH is 1. The largest absolute Gasteiger partial charge is 0.489 e. The molecule has 0 bridgehead atoms. The molecule has 0 fully saturated rings. The number of nitrogens with one attached hydrogen (secondary N) is 1. The number of carbonyl (C=O) groups is 1. The van der Waals surface area contributed by atoms with Crippen LogP contribution in [0.1, 0.15) is 16.2 Å². The van der Waals surface area contributed by atoms with Gasteiger partial charge in [0.25, 0.3) is 5.91 Å². The Morgan fingerprint density at radius 3 is 2.62 bits per heavy atom. The van der Waals surface area contributed by atoms with E-state index in [1.807, 2.05) is 47.0 Å². The van der Waals surface area contributed by atoms with Crippen molar-refractivity contribution in [1.82, 2.24) is 14.9 Å². The summed E-state index contributed by atoms with van der Waals surface area (Å²) in [5, 5.41) is 14.5. The molecule has 0 saturated heterocycles. The third kappa shape index (κ3) is 5.22. The van der Waals surface area contributed by atoms with Gasteiger partial charge in [0, 0.05) is 16.7 Å². The van der Waals surface area contributed by atoms with Crippen LogP contribution in [-0.4, -0.2) is 33.3 Å². The summed E-state index contributed by atoms with van der Waals surface area (Å²) in [5.41, 5.74) is 2.21. The van der Waals surface area contributed by atoms with E-state index < -0.39 is 6.10 Å². The second-order valence-corrected chi connectivity index (χ2v) is 8.06. The molecule has 0 aliphatic heterocycles. The molecule has 1 unspecified atom stereocenters. The van der Waals surface area contributed by atoms with Crippen molar-refractivity contribution in [3.05, 3.63) is 94.2 Å². The lowest BCUT2D eigenvalue weighted by atomic mass is 10.2. The molecular formula is C24H21Cl2N3O3. The van der Waals surface area contributed by atoms with E-state index in [2.05, 4.69) is 10.3 Å². The molecule has 1 amide bonds. The number of benzene rings is 3. The fourth-order valence-corrected chi connectivity index (χ4v) is 3.69. The summed E-state index contributed by atoms with van der Waals surface area (Å²) in [7, 11) is 0. The van der Waals surface area contributed by atoms with Gasteiger partial charge >= 0.3 is 0 Å². The van der Waals surface area contributed by atoms with E-state index in [0.717, 1.165) is 11.0 Å². The summed E-state index contributed by atoms with van der Waals surface area (Å²) in [4.78, 5) is 17.1. The van der Waals surface area contributed by atoms with Gasteiger partial charge in [0.05, 0.1) is 29.1 Å². The summed E-state index contributed by atoms with van der Waals surface area (Å²) >= 11 is 12.1. The van der Waals surface area contributed by atoms with Gasteiger partial charge in [-0.15, -0.1) is 0 Å². The number of nitrogens with zero attached hydrogens (tertiary/aromatic N) is 2. The van der Waals surface area contributed by atoms with Crippen molar-refractivity contribution < 1.29 is 14.6 Å². The van der Waals surface area contributed by atoms with Crippen LogP contribution in [0.3, 0.4) is 0 Å². The van der Waals surface area contributed by atoms with Crippen molar-refractivity contribution in [3.63, 3.8) is 0 Å². The van der Waals surface area contributed by atoms with E-state index in [0.29, 0.717) is 27.2 Å². The molecule has 164 valence electrons. The molecule has 3 aromatic carbocycles. The second kappa shape index (κ2) is 10.0. The Morgan fingerprint density at radius 1 is 1.06 bits per heavy atom. The van der Waals surface area contributed by atoms with Crippen LogP contribution in [0.4, 0.5) is 0 Å². The highest BCUT2D eigenvalue weighted by atomic mass is 35.5. The maximum Gasteiger partial charge on any atom is 0.251 e. The number of hydrogen-bond donors (Lipinski definition) is 2. The van der Waals surface area contributed by atoms with Crippen molar-refractivity contribution in [2.75, 3.05) is 6.61 Å². The Morgan fingerprint density at radius 2 is 1.81 bits per heavy atom. The zero-order valence-electron chi connectivity index (χ0n) is 17.0. The van der Waals surface area contributed by atoms with Gasteiger partial charge in [0.1, 0.15) is 24.3 Å². The lowest BCUT2D eigenvalue weighted by molar-refractivity contribution is 0.0917. The van der Waals surface area contributed by atoms with Gasteiger partial charge in [-0.3, -0.25) is 4.79 Å². The fraction of sp³-hybridized carbons (Fsp3) is 0.167. The van der Waals surface area contributed by atoms with E-state index >= 15 is 0 Å². The molecule has 1 atom stereocenters. The third-order valence-corrected chi connectivity index (χ3v) is 5.44. The first-order valence-electron chi connectivity index (χ1n) is 10.0. The maximum atomic E-state index is 12.4. The van der Waals surface area contributed by atoms with Gasteiger partial charge in [-0.05, 0) is 36.4 Å². The van der Waals surface area contributed by atoms with E-state index in [4.69, 9.17) is 27.9 Å². The molecule has 0 spiro atoms. The second-order valence-electron chi connectivity index (χ2n) is 7.22. The molecule has 0 radical (unpaired) electrons. The average Bonchev–Trinajstić information content (AvgIpc) is 3.16. The van der Waals surface area contributed by atoms with E-state index in [1.54, 1.807) is 30.3 Å². The number of para-hydroxylation sites is 2. The van der Waals surface area contributed by atoms with Crippen LogP contribution in [0.25, 0.3) is 11.0 Å². The van der Waals surface area contributed by atoms with Gasteiger partial charge in [-0.25, -0.2) is 4.98 Å². The van der Waals surface area contributed by atoms with Crippen molar-refractivity contribution in [1.29, 1.82) is 0 Å². The highest BCUT2D eigenvalue weighted by Crippen LogP contribution is 2.28. The third-order valence-electron chi connectivity index (χ3n) is 4.89. The summed E-state index contributed by atoms with van der Waals surface area (Å²) < 4.78 is 7.55. The van der Waals surface area contributed by atoms with E-state index in [-0.39, 0.29) is 25.6 Å². The number of hydrogen-bond acceptors (Lipinski definition) is 4. The predicted octanol–water partition coefficient (Wildman–Crippen LogP) is 4.71. The first-order chi connectivity index (χ1) is 15.5. The van der Waals surface area contributed by atoms with E-state index in [9.17, 15) is 9.90 Å². The smallest absolute Gasteiger partial charge is 0.251 e. The zero-order valence-corrected chi connectivity index (χ0v) is 18.6. The molecule has 1 aromatic heterocycles. The number of rotatable bonds is 8. The zero-order chi connectivity index (χ0) is 22.5. The molecule has 4 aromatic rings. The number of ether oxygens (including phenoxy) is 1. The van der Waals surface area contributed by atoms with Crippen molar-refractivity contribution in [3.8, 4) is 5.75 Å². The monoisotopic (exact) mass is 469 g/mol. The first kappa shape index (κ1) is 22.1. The Hall–Kier alpha value is -3.06. The number of halogens is 2. The maximum absolute atomic E-state index is 12.4. The standard InChI is InChI=1S/C24H21Cl2N3O3/c25-17-10-11-19(26)22(12-17)32-15-18(30)14-29-21-9-5-4-8-20(21)28-23(29)13-27-24(31)16-6-2-1-3-7-16/h1-12,18,30H,13-15H2,(H,27,31). The Kier molecular flexibility index (Phi) is 6.95. The fourth-order valence-electron chi connectivity index (χ4n) is 3.35. The van der Waals surface area contributed by atoms with Gasteiger partial charge in [-0.1, -0.05) is 53.5 Å². The molecular weight excluding hydrogens is 449 g/mol. The predicted molar refractivity (Wildman–Crippen MR) is 125 cm³/mol. The van der Waals surface area contributed by atoms with Crippen LogP contribution in [0.2, 0.25) is 10.0 Å². The summed E-state index contributed by atoms with van der Waals surface area (Å²) in [6.07, 6.45) is -0.841. The molecule has 1 heterocycles. The minimum Gasteiger partial charge on any atom is -0.489 e. The van der Waals surface area contributed by atoms with Crippen LogP contribution in [0, 0.1) is 0 Å². The van der Waals surface area contributed by atoms with Crippen LogP contribution >= 0.6 is 23.2 Å². The molecule has 0 aliphatic carbocycles. The molecule has 0 aliphatic rings. The Balaban J connectivity index is 1.48. The lowest BCUT2D eigenvalue weighted by Gasteiger charge is -2.16. The number of aromatic nitrogens is 2. The van der Waals surface area contributed by atoms with Crippen molar-refractivity contribution in [2.24, 2.45) is 0 Å². The van der Waals surface area contributed by atoms with Gasteiger partial charge < -0.3 is 19.7 Å². The molecule has 2 N–H and O–H groups in total. The Labute approximate surface area is 195 Å². The molecule has 32 heavy (non-hydrogen) atoms. The summed E-state index contributed by atoms with van der Waals surface area (Å²) in [5.74, 6) is 0.850. The van der Waals surface area contributed by atoms with Gasteiger partial charge in [-0.2, -0.15) is 0 Å². The minimum atomic E-state index is -0.841. The van der Waals surface area contributed by atoms with Gasteiger partial charge in [0.2, 0.25) is 0 Å². The molecule has 8 heteroatoms. The number of amides is 1. The van der Waals surface area contributed by atoms with Crippen molar-refractivity contribution in [2.45, 2.75) is 19.2 Å². The topological polar surface area (TPSA) is 76.4 Å². The summed E-state index contributed by atoms with van der Waals surface area (Å²) in [6, 6.07) is 21.5. The van der Waals surface area contributed by atoms with E-state index in [1.165, 1.54) is 0 Å². The van der Waals surface area contributed by atoms with Crippen LogP contribution in [0.15, 0.2) is 72.8 Å². The van der Waals surface area contributed by atoms with Crippen LogP contribution in [0.5, 0.6) is 5.75 Å². The number of imidazole rings is 1. The van der Waals surface area contributed by atoms with Crippen molar-refractivity contribution >= 4 is 40.1 Å². The quantitative estimate of drug-likeness (QED) is 0.391. The summed E-state index contributed by atoms with van der Waals surface area (Å²) in [6.45, 7) is 0.466. The molecule has 0 saturated carbocycles. The molecule has 4 rings (SSSR count). The highest BCUT2D eigenvalue weighted by molar-refractivity contribution is 6.34. The first-order valence-corrected chi connectivity index (χ1v) is 10.8. The normalized spacial score (nSPS) is 12.0. The highest BCUT2D eigenvalue weighted by Gasteiger charge is 2.16. The number of aliphatic hydroxyl groups is 1. The minimum absolute atomic E-state index is 0.0163. The van der Waals surface area contributed by atoms with Crippen LogP contribution < -0.4 is 10.1 Å². The molecule has 6 nitrogen and oxygen atoms in total. The van der Waals surface area contributed by atoms with Crippen LogP contribution in [-0.2, 0) is 13.1 Å². The Bertz CT molecular complexity index is 1230. The lowest BCUT2D eigenvalue weighted by Crippen LogP contribution is -2.28. The van der Waals surface area contributed by atoms with Gasteiger partial charge in [0.15, 0.2) is 0 Å². The number of carbonyl (C=O) groups excluding carboxylic acids is 1. The average molecular weight is 470 g/mol.